The molecule has 1 heterocycles. The van der Waals surface area contributed by atoms with E-state index in [1.807, 2.05) is 26.0 Å². The quantitative estimate of drug-likeness (QED) is 0.548. The van der Waals surface area contributed by atoms with Crippen molar-refractivity contribution in [3.8, 4) is 0 Å². The minimum absolute atomic E-state index is 0.134. The number of esters is 1. The summed E-state index contributed by atoms with van der Waals surface area (Å²) in [4.78, 5) is 61.4. The van der Waals surface area contributed by atoms with Crippen LogP contribution >= 0.6 is 0 Å². The Morgan fingerprint density at radius 2 is 1.73 bits per heavy atom. The van der Waals surface area contributed by atoms with E-state index >= 15 is 0 Å². The Kier molecular flexibility index (Phi) is 7.07. The van der Waals surface area contributed by atoms with Gasteiger partial charge in [-0.25, -0.2) is 9.59 Å². The zero-order valence-electron chi connectivity index (χ0n) is 18.5. The van der Waals surface area contributed by atoms with Gasteiger partial charge in [0.1, 0.15) is 6.54 Å². The third kappa shape index (κ3) is 5.35. The van der Waals surface area contributed by atoms with E-state index in [1.165, 1.54) is 0 Å². The molecule has 10 nitrogen and oxygen atoms in total. The fraction of sp³-hybridized carbons (Fsp3) is 0.261. The summed E-state index contributed by atoms with van der Waals surface area (Å²) in [7, 11) is 0. The first kappa shape index (κ1) is 23.5. The van der Waals surface area contributed by atoms with Gasteiger partial charge in [-0.2, -0.15) is 0 Å². The Balaban J connectivity index is 1.63. The number of nitrogens with one attached hydrogen (secondary N) is 2. The molecule has 0 bridgehead atoms. The minimum Gasteiger partial charge on any atom is -0.454 e. The van der Waals surface area contributed by atoms with Gasteiger partial charge >= 0.3 is 17.7 Å². The van der Waals surface area contributed by atoms with Crippen LogP contribution in [0.3, 0.4) is 0 Å². The number of para-hydroxylation sites is 1. The summed E-state index contributed by atoms with van der Waals surface area (Å²) in [6.45, 7) is 4.31. The van der Waals surface area contributed by atoms with Crippen LogP contribution in [0.2, 0.25) is 0 Å². The number of carbonyl (C=O) groups is 3. The van der Waals surface area contributed by atoms with E-state index < -0.39 is 42.3 Å². The van der Waals surface area contributed by atoms with Crippen molar-refractivity contribution in [3.05, 3.63) is 74.4 Å². The number of hydrogen-bond acceptors (Lipinski definition) is 6. The molecule has 0 spiro atoms. The number of urea groups is 1. The number of hydrogen-bond donors (Lipinski definition) is 2. The van der Waals surface area contributed by atoms with Crippen LogP contribution in [0, 0.1) is 13.8 Å². The van der Waals surface area contributed by atoms with Crippen molar-refractivity contribution in [3.63, 3.8) is 0 Å². The molecule has 0 saturated carbocycles. The molecule has 0 fully saturated rings. The fourth-order valence-corrected chi connectivity index (χ4v) is 3.39. The van der Waals surface area contributed by atoms with Gasteiger partial charge in [-0.1, -0.05) is 29.8 Å². The van der Waals surface area contributed by atoms with E-state index in [0.717, 1.165) is 20.3 Å². The highest BCUT2D eigenvalue weighted by Crippen LogP contribution is 2.15. The number of fused-ring (bicyclic) bond motifs is 1. The highest BCUT2D eigenvalue weighted by molar-refractivity contribution is 6.02. The zero-order valence-corrected chi connectivity index (χ0v) is 18.5. The molecular formula is C23H24N4O6. The van der Waals surface area contributed by atoms with Gasteiger partial charge in [0, 0.05) is 12.2 Å². The van der Waals surface area contributed by atoms with E-state index in [-0.39, 0.29) is 17.4 Å². The third-order valence-corrected chi connectivity index (χ3v) is 4.98. The van der Waals surface area contributed by atoms with Gasteiger partial charge in [0.05, 0.1) is 10.9 Å². The monoisotopic (exact) mass is 452 g/mol. The van der Waals surface area contributed by atoms with Crippen LogP contribution in [0.15, 0.2) is 52.1 Å². The average Bonchev–Trinajstić information content (AvgIpc) is 2.77. The molecule has 2 N–H and O–H groups in total. The van der Waals surface area contributed by atoms with Gasteiger partial charge in [-0.3, -0.25) is 28.8 Å². The molecule has 3 amide bonds. The van der Waals surface area contributed by atoms with Crippen LogP contribution in [0.4, 0.5) is 10.5 Å². The van der Waals surface area contributed by atoms with E-state index in [0.29, 0.717) is 5.69 Å². The maximum atomic E-state index is 12.7. The number of carbonyl (C=O) groups excluding carboxylic acids is 3. The first-order chi connectivity index (χ1) is 15.7. The minimum atomic E-state index is -0.867. The Hall–Kier alpha value is -4.21. The van der Waals surface area contributed by atoms with E-state index in [1.54, 1.807) is 37.3 Å². The molecule has 2 aromatic carbocycles. The van der Waals surface area contributed by atoms with Crippen molar-refractivity contribution in [2.75, 3.05) is 11.9 Å². The van der Waals surface area contributed by atoms with Gasteiger partial charge in [0.25, 0.3) is 11.5 Å². The smallest absolute Gasteiger partial charge is 0.332 e. The van der Waals surface area contributed by atoms with Crippen LogP contribution in [0.1, 0.15) is 18.1 Å². The van der Waals surface area contributed by atoms with Crippen LogP contribution in [0.5, 0.6) is 0 Å². The number of imide groups is 1. The Labute approximate surface area is 188 Å². The standard InChI is InChI=1S/C23H24N4O6/c1-4-26-21(30)16-7-5-6-8-18(16)27(23(26)32)12-20(29)33-13-19(28)25-22(31)24-17-10-9-14(2)11-15(17)3/h5-11H,4,12-13H2,1-3H3,(H2,24,25,28,31). The molecule has 0 unspecified atom stereocenters. The Morgan fingerprint density at radius 3 is 2.42 bits per heavy atom. The number of aromatic nitrogens is 2. The summed E-state index contributed by atoms with van der Waals surface area (Å²) < 4.78 is 7.06. The van der Waals surface area contributed by atoms with Crippen LogP contribution in [-0.2, 0) is 27.4 Å². The summed E-state index contributed by atoms with van der Waals surface area (Å²) in [5.74, 6) is -1.70. The van der Waals surface area contributed by atoms with Gasteiger partial charge < -0.3 is 10.1 Å². The number of amides is 3. The topological polar surface area (TPSA) is 128 Å². The molecule has 172 valence electrons. The Morgan fingerprint density at radius 1 is 1.00 bits per heavy atom. The second kappa shape index (κ2) is 9.94. The maximum Gasteiger partial charge on any atom is 0.332 e. The molecule has 0 atom stereocenters. The van der Waals surface area contributed by atoms with Gasteiger partial charge in [0.2, 0.25) is 0 Å². The van der Waals surface area contributed by atoms with E-state index in [9.17, 15) is 24.0 Å². The molecular weight excluding hydrogens is 428 g/mol. The number of nitrogens with zero attached hydrogens (tertiary/aromatic N) is 2. The van der Waals surface area contributed by atoms with Gasteiger partial charge in [-0.15, -0.1) is 0 Å². The lowest BCUT2D eigenvalue weighted by Crippen LogP contribution is -2.41. The van der Waals surface area contributed by atoms with Crippen LogP contribution in [0.25, 0.3) is 10.9 Å². The van der Waals surface area contributed by atoms with Crippen molar-refractivity contribution in [2.45, 2.75) is 33.9 Å². The van der Waals surface area contributed by atoms with Crippen molar-refractivity contribution < 1.29 is 19.1 Å². The summed E-state index contributed by atoms with van der Waals surface area (Å²) in [6.07, 6.45) is 0. The lowest BCUT2D eigenvalue weighted by Gasteiger charge is -2.13. The third-order valence-electron chi connectivity index (χ3n) is 4.98. The molecule has 1 aromatic heterocycles. The molecule has 0 aliphatic rings. The molecule has 3 rings (SSSR count). The number of ether oxygens (including phenoxy) is 1. The summed E-state index contributed by atoms with van der Waals surface area (Å²) >= 11 is 0. The average molecular weight is 452 g/mol. The Bertz CT molecular complexity index is 1360. The number of rotatable bonds is 6. The highest BCUT2D eigenvalue weighted by Gasteiger charge is 2.17. The highest BCUT2D eigenvalue weighted by atomic mass is 16.5. The second-order valence-electron chi connectivity index (χ2n) is 7.42. The molecule has 0 radical (unpaired) electrons. The van der Waals surface area contributed by atoms with Gasteiger partial charge in [0.15, 0.2) is 6.61 Å². The summed E-state index contributed by atoms with van der Waals surface area (Å²) in [5, 5.41) is 4.91. The summed E-state index contributed by atoms with van der Waals surface area (Å²) in [6, 6.07) is 11.1. The molecule has 0 aliphatic carbocycles. The van der Waals surface area contributed by atoms with Crippen LogP contribution in [-0.4, -0.2) is 33.6 Å². The van der Waals surface area contributed by atoms with E-state index in [2.05, 4.69) is 10.6 Å². The van der Waals surface area contributed by atoms with Crippen LogP contribution < -0.4 is 21.9 Å². The lowest BCUT2D eigenvalue weighted by molar-refractivity contribution is -0.148. The fourth-order valence-electron chi connectivity index (χ4n) is 3.39. The van der Waals surface area contributed by atoms with Crippen molar-refractivity contribution in [1.29, 1.82) is 0 Å². The molecule has 10 heteroatoms. The van der Waals surface area contributed by atoms with Crippen molar-refractivity contribution >= 4 is 34.5 Å². The molecule has 0 saturated heterocycles. The number of aryl methyl sites for hydroxylation is 2. The predicted octanol–water partition coefficient (Wildman–Crippen LogP) is 1.69. The SMILES string of the molecule is CCn1c(=O)c2ccccc2n(CC(=O)OCC(=O)NC(=O)Nc2ccc(C)cc2C)c1=O. The summed E-state index contributed by atoms with van der Waals surface area (Å²) in [5.41, 5.74) is 1.58. The van der Waals surface area contributed by atoms with Crippen molar-refractivity contribution in [1.82, 2.24) is 14.5 Å². The molecule has 0 aliphatic heterocycles. The second-order valence-corrected chi connectivity index (χ2v) is 7.42. The largest absolute Gasteiger partial charge is 0.454 e. The predicted molar refractivity (Wildman–Crippen MR) is 122 cm³/mol. The molecule has 3 aromatic rings. The lowest BCUT2D eigenvalue weighted by atomic mass is 10.1. The number of benzene rings is 2. The van der Waals surface area contributed by atoms with Gasteiger partial charge in [-0.05, 0) is 44.5 Å². The zero-order chi connectivity index (χ0) is 24.1. The molecule has 33 heavy (non-hydrogen) atoms. The van der Waals surface area contributed by atoms with E-state index in [4.69, 9.17) is 4.74 Å². The normalized spacial score (nSPS) is 10.6. The first-order valence-corrected chi connectivity index (χ1v) is 10.3. The van der Waals surface area contributed by atoms with Crippen molar-refractivity contribution in [2.24, 2.45) is 0 Å². The maximum absolute atomic E-state index is 12.7. The number of anilines is 1. The first-order valence-electron chi connectivity index (χ1n) is 10.3.